The van der Waals surface area contributed by atoms with Crippen LogP contribution in [0, 0.1) is 5.41 Å². The molecule has 0 amide bonds. The Bertz CT molecular complexity index is 487. The number of aromatic nitrogens is 2. The van der Waals surface area contributed by atoms with Gasteiger partial charge < -0.3 is 16.0 Å². The summed E-state index contributed by atoms with van der Waals surface area (Å²) in [4.78, 5) is 7.30. The number of fused-ring (bicyclic) bond motifs is 1. The molecule has 17 heavy (non-hydrogen) atoms. The van der Waals surface area contributed by atoms with E-state index in [1.165, 1.54) is 0 Å². The van der Waals surface area contributed by atoms with E-state index in [4.69, 9.17) is 5.73 Å². The summed E-state index contributed by atoms with van der Waals surface area (Å²) in [5.74, 6) is 0. The number of hydrogen-bond donors (Lipinski definition) is 3. The van der Waals surface area contributed by atoms with Gasteiger partial charge >= 0.3 is 0 Å². The molecule has 0 saturated carbocycles. The lowest BCUT2D eigenvalue weighted by molar-refractivity contribution is 0.358. The quantitative estimate of drug-likeness (QED) is 0.741. The van der Waals surface area contributed by atoms with Crippen LogP contribution in [0.25, 0.3) is 11.0 Å². The number of aromatic amines is 1. The third-order valence-corrected chi connectivity index (χ3v) is 3.10. The van der Waals surface area contributed by atoms with Gasteiger partial charge in [-0.15, -0.1) is 0 Å². The lowest BCUT2D eigenvalue weighted by Crippen LogP contribution is -2.26. The fraction of sp³-hybridized carbons (Fsp3) is 0.462. The van der Waals surface area contributed by atoms with Gasteiger partial charge in [-0.1, -0.05) is 13.8 Å². The number of imidazole rings is 1. The van der Waals surface area contributed by atoms with E-state index in [0.29, 0.717) is 6.54 Å². The molecule has 4 N–H and O–H groups in total. The lowest BCUT2D eigenvalue weighted by atomic mass is 9.90. The van der Waals surface area contributed by atoms with Crippen LogP contribution in [-0.4, -0.2) is 23.1 Å². The molecule has 2 aromatic rings. The van der Waals surface area contributed by atoms with Crippen molar-refractivity contribution in [1.29, 1.82) is 0 Å². The van der Waals surface area contributed by atoms with E-state index in [2.05, 4.69) is 41.3 Å². The van der Waals surface area contributed by atoms with Gasteiger partial charge in [0, 0.05) is 12.2 Å². The average Bonchev–Trinajstić information content (AvgIpc) is 2.76. The smallest absolute Gasteiger partial charge is 0.0931 e. The fourth-order valence-corrected chi connectivity index (χ4v) is 1.69. The van der Waals surface area contributed by atoms with E-state index in [1.54, 1.807) is 6.33 Å². The average molecular weight is 232 g/mol. The molecule has 1 heterocycles. The second-order valence-corrected chi connectivity index (χ2v) is 5.18. The Morgan fingerprint density at radius 2 is 2.24 bits per heavy atom. The molecule has 0 saturated heterocycles. The third kappa shape index (κ3) is 2.97. The Balaban J connectivity index is 1.95. The highest BCUT2D eigenvalue weighted by Crippen LogP contribution is 2.19. The zero-order chi connectivity index (χ0) is 12.3. The van der Waals surface area contributed by atoms with Gasteiger partial charge in [0.1, 0.15) is 0 Å². The van der Waals surface area contributed by atoms with E-state index in [1.807, 2.05) is 6.07 Å². The van der Waals surface area contributed by atoms with Gasteiger partial charge in [0.25, 0.3) is 0 Å². The topological polar surface area (TPSA) is 66.7 Å². The third-order valence-electron chi connectivity index (χ3n) is 3.10. The maximum atomic E-state index is 5.71. The molecule has 0 aliphatic heterocycles. The second-order valence-electron chi connectivity index (χ2n) is 5.18. The van der Waals surface area contributed by atoms with Gasteiger partial charge in [0.2, 0.25) is 0 Å². The lowest BCUT2D eigenvalue weighted by Gasteiger charge is -2.22. The van der Waals surface area contributed by atoms with E-state index in [9.17, 15) is 0 Å². The van der Waals surface area contributed by atoms with Crippen molar-refractivity contribution in [3.8, 4) is 0 Å². The Kier molecular flexibility index (Phi) is 3.33. The molecule has 0 aliphatic rings. The molecule has 1 aromatic heterocycles. The maximum Gasteiger partial charge on any atom is 0.0931 e. The SMILES string of the molecule is CC(C)(CN)CCNc1ccc2nc[nH]c2c1. The zero-order valence-corrected chi connectivity index (χ0v) is 10.5. The zero-order valence-electron chi connectivity index (χ0n) is 10.5. The van der Waals surface area contributed by atoms with Crippen molar-refractivity contribution < 1.29 is 0 Å². The monoisotopic (exact) mass is 232 g/mol. The minimum atomic E-state index is 0.199. The molecule has 0 spiro atoms. The van der Waals surface area contributed by atoms with Crippen LogP contribution in [0.1, 0.15) is 20.3 Å². The molecule has 0 aliphatic carbocycles. The normalized spacial score (nSPS) is 11.9. The molecular weight excluding hydrogens is 212 g/mol. The summed E-state index contributed by atoms with van der Waals surface area (Å²) in [6.45, 7) is 6.03. The molecule has 0 atom stereocenters. The molecule has 0 radical (unpaired) electrons. The minimum absolute atomic E-state index is 0.199. The second kappa shape index (κ2) is 4.75. The predicted octanol–water partition coefficient (Wildman–Crippen LogP) is 2.35. The van der Waals surface area contributed by atoms with E-state index >= 15 is 0 Å². The van der Waals surface area contributed by atoms with Gasteiger partial charge in [-0.3, -0.25) is 0 Å². The first-order chi connectivity index (χ1) is 8.11. The number of nitrogens with zero attached hydrogens (tertiary/aromatic N) is 1. The Morgan fingerprint density at radius 1 is 1.41 bits per heavy atom. The minimum Gasteiger partial charge on any atom is -0.385 e. The summed E-state index contributed by atoms with van der Waals surface area (Å²) in [7, 11) is 0. The largest absolute Gasteiger partial charge is 0.385 e. The van der Waals surface area contributed by atoms with Crippen LogP contribution < -0.4 is 11.1 Å². The van der Waals surface area contributed by atoms with Crippen molar-refractivity contribution in [1.82, 2.24) is 9.97 Å². The van der Waals surface area contributed by atoms with Crippen molar-refractivity contribution in [2.24, 2.45) is 11.1 Å². The van der Waals surface area contributed by atoms with Crippen LogP contribution in [0.3, 0.4) is 0 Å². The molecule has 1 aromatic carbocycles. The molecule has 0 fully saturated rings. The predicted molar refractivity (Wildman–Crippen MR) is 72.0 cm³/mol. The maximum absolute atomic E-state index is 5.71. The summed E-state index contributed by atoms with van der Waals surface area (Å²) in [6, 6.07) is 6.15. The highest BCUT2D eigenvalue weighted by Gasteiger charge is 2.14. The summed E-state index contributed by atoms with van der Waals surface area (Å²) >= 11 is 0. The van der Waals surface area contributed by atoms with Gasteiger partial charge in [-0.05, 0) is 36.6 Å². The molecule has 92 valence electrons. The number of hydrogen-bond acceptors (Lipinski definition) is 3. The summed E-state index contributed by atoms with van der Waals surface area (Å²) in [5, 5.41) is 3.41. The summed E-state index contributed by atoms with van der Waals surface area (Å²) < 4.78 is 0. The molecule has 4 nitrogen and oxygen atoms in total. The number of nitrogens with two attached hydrogens (primary N) is 1. The first kappa shape index (κ1) is 11.9. The van der Waals surface area contributed by atoms with Crippen molar-refractivity contribution >= 4 is 16.7 Å². The van der Waals surface area contributed by atoms with E-state index < -0.39 is 0 Å². The number of H-pyrrole nitrogens is 1. The van der Waals surface area contributed by atoms with Crippen LogP contribution >= 0.6 is 0 Å². The van der Waals surface area contributed by atoms with Gasteiger partial charge in [-0.25, -0.2) is 4.98 Å². The highest BCUT2D eigenvalue weighted by molar-refractivity contribution is 5.78. The summed E-state index contributed by atoms with van der Waals surface area (Å²) in [6.07, 6.45) is 2.77. The van der Waals surface area contributed by atoms with Crippen molar-refractivity contribution in [3.05, 3.63) is 24.5 Å². The van der Waals surface area contributed by atoms with Crippen LogP contribution in [-0.2, 0) is 0 Å². The summed E-state index contributed by atoms with van der Waals surface area (Å²) in [5.41, 5.74) is 9.09. The van der Waals surface area contributed by atoms with Gasteiger partial charge in [0.15, 0.2) is 0 Å². The number of nitrogens with one attached hydrogen (secondary N) is 2. The van der Waals surface area contributed by atoms with Crippen LogP contribution in [0.2, 0.25) is 0 Å². The van der Waals surface area contributed by atoms with Crippen molar-refractivity contribution in [2.75, 3.05) is 18.4 Å². The Hall–Kier alpha value is -1.55. The molecule has 2 rings (SSSR count). The first-order valence-electron chi connectivity index (χ1n) is 5.98. The first-order valence-corrected chi connectivity index (χ1v) is 5.98. The van der Waals surface area contributed by atoms with Crippen molar-refractivity contribution in [2.45, 2.75) is 20.3 Å². The number of anilines is 1. The Labute approximate surface area is 102 Å². The van der Waals surface area contributed by atoms with Gasteiger partial charge in [-0.2, -0.15) is 0 Å². The van der Waals surface area contributed by atoms with Crippen LogP contribution in [0.15, 0.2) is 24.5 Å². The molecular formula is C13H20N4. The van der Waals surface area contributed by atoms with Crippen molar-refractivity contribution in [3.63, 3.8) is 0 Å². The molecule has 0 unspecified atom stereocenters. The Morgan fingerprint density at radius 3 is 3.00 bits per heavy atom. The fourth-order valence-electron chi connectivity index (χ4n) is 1.69. The van der Waals surface area contributed by atoms with E-state index in [0.717, 1.165) is 29.7 Å². The van der Waals surface area contributed by atoms with Gasteiger partial charge in [0.05, 0.1) is 17.4 Å². The van der Waals surface area contributed by atoms with Crippen LogP contribution in [0.4, 0.5) is 5.69 Å². The standard InChI is InChI=1S/C13H20N4/c1-13(2,8-14)5-6-15-10-3-4-11-12(7-10)17-9-16-11/h3-4,7,9,15H,5-6,8,14H2,1-2H3,(H,16,17). The molecule has 4 heteroatoms. The highest BCUT2D eigenvalue weighted by atomic mass is 14.9. The van der Waals surface area contributed by atoms with E-state index in [-0.39, 0.29) is 5.41 Å². The number of benzene rings is 1. The molecule has 0 bridgehead atoms. The van der Waals surface area contributed by atoms with Crippen LogP contribution in [0.5, 0.6) is 0 Å². The number of rotatable bonds is 5.